The van der Waals surface area contributed by atoms with Crippen LogP contribution in [0.5, 0.6) is 0 Å². The van der Waals surface area contributed by atoms with Crippen LogP contribution in [-0.2, 0) is 14.2 Å². The molecule has 12 heterocycles. The average Bonchev–Trinajstić information content (AvgIpc) is 0.824. The molecule has 0 spiro atoms. The molecule has 0 bridgehead atoms. The highest BCUT2D eigenvalue weighted by Crippen LogP contribution is 2.32. The summed E-state index contributed by atoms with van der Waals surface area (Å²) in [6, 6.07) is 30.5. The number of aromatic nitrogens is 9. The van der Waals surface area contributed by atoms with Crippen LogP contribution in [0.4, 0.5) is 99.7 Å². The maximum Gasteiger partial charge on any atom is 0.288 e. The molecule has 0 aliphatic carbocycles. The predicted molar refractivity (Wildman–Crippen MR) is 426 cm³/mol. The number of amides is 3. The quantitative estimate of drug-likeness (QED) is 0.0269. The smallest absolute Gasteiger partial charge is 0.288 e. The molecule has 113 heavy (non-hydrogen) atoms. The zero-order valence-corrected chi connectivity index (χ0v) is 63.1. The first-order chi connectivity index (χ1) is 55.2. The number of hydrazine groups is 4. The maximum absolute atomic E-state index is 14.2. The van der Waals surface area contributed by atoms with Crippen molar-refractivity contribution in [1.82, 2.24) is 71.5 Å². The van der Waals surface area contributed by atoms with Crippen molar-refractivity contribution in [1.29, 1.82) is 0 Å². The fourth-order valence-electron chi connectivity index (χ4n) is 13.1. The van der Waals surface area contributed by atoms with Gasteiger partial charge in [0, 0.05) is 132 Å². The molecule has 6 fully saturated rings. The van der Waals surface area contributed by atoms with E-state index in [9.17, 15) is 32.7 Å². The summed E-state index contributed by atoms with van der Waals surface area (Å²) in [5, 5.41) is 22.0. The van der Waals surface area contributed by atoms with Gasteiger partial charge in [0.25, 0.3) is 17.7 Å². The summed E-state index contributed by atoms with van der Waals surface area (Å²) in [4.78, 5) is 87.0. The Labute approximate surface area is 655 Å². The second-order valence-electron chi connectivity index (χ2n) is 27.0. The van der Waals surface area contributed by atoms with E-state index in [4.69, 9.17) is 25.8 Å². The fourth-order valence-corrected chi connectivity index (χ4v) is 13.3. The zero-order valence-electron chi connectivity index (χ0n) is 62.4. The van der Waals surface area contributed by atoms with E-state index in [1.54, 1.807) is 69.7 Å². The van der Waals surface area contributed by atoms with Crippen LogP contribution in [0.15, 0.2) is 134 Å². The zero-order chi connectivity index (χ0) is 78.3. The molecule has 3 aromatic carbocycles. The van der Waals surface area contributed by atoms with Gasteiger partial charge in [-0.25, -0.2) is 48.5 Å². The molecule has 594 valence electrons. The number of anilines is 15. The Balaban J connectivity index is 0.000000148. The van der Waals surface area contributed by atoms with Crippen LogP contribution >= 0.6 is 11.6 Å². The van der Waals surface area contributed by atoms with Crippen molar-refractivity contribution in [3.05, 3.63) is 179 Å². The number of aryl methyl sites for hydroxylation is 1. The van der Waals surface area contributed by atoms with Gasteiger partial charge in [-0.3, -0.25) is 51.8 Å². The third-order valence-electron chi connectivity index (χ3n) is 18.9. The van der Waals surface area contributed by atoms with E-state index in [-0.39, 0.29) is 59.0 Å². The van der Waals surface area contributed by atoms with Gasteiger partial charge in [-0.05, 0) is 142 Å². The van der Waals surface area contributed by atoms with Crippen LogP contribution in [-0.4, -0.2) is 217 Å². The van der Waals surface area contributed by atoms with Crippen molar-refractivity contribution in [3.63, 3.8) is 0 Å². The number of hydrogen-bond acceptors (Lipinski definition) is 30. The third-order valence-corrected chi connectivity index (χ3v) is 19.2. The Morgan fingerprint density at radius 3 is 1.25 bits per heavy atom. The molecule has 6 aromatic heterocycles. The van der Waals surface area contributed by atoms with Crippen LogP contribution in [0.2, 0.25) is 5.02 Å². The number of piperidine rings is 1. The number of aliphatic hydroxyl groups is 1. The maximum atomic E-state index is 14.2. The summed E-state index contributed by atoms with van der Waals surface area (Å²) in [6.07, 6.45) is 14.0. The highest BCUT2D eigenvalue weighted by molar-refractivity contribution is 6.31. The van der Waals surface area contributed by atoms with Gasteiger partial charge in [-0.1, -0.05) is 11.6 Å². The second kappa shape index (κ2) is 39.4. The number of nitrogens with one attached hydrogen (secondary N) is 10. The molecule has 3 amide bonds. The average molecular weight is 1570 g/mol. The Bertz CT molecular complexity index is 4620. The summed E-state index contributed by atoms with van der Waals surface area (Å²) in [5.41, 5.74) is 28.8. The van der Waals surface area contributed by atoms with Gasteiger partial charge < -0.3 is 64.8 Å². The highest BCUT2D eigenvalue weighted by atomic mass is 35.5. The lowest BCUT2D eigenvalue weighted by Gasteiger charge is -2.36. The molecule has 0 unspecified atom stereocenters. The Hall–Kier alpha value is -11.8. The molecule has 0 saturated carbocycles. The molecule has 6 saturated heterocycles. The largest absolute Gasteiger partial charge is 0.395 e. The van der Waals surface area contributed by atoms with Crippen LogP contribution < -0.4 is 83.4 Å². The summed E-state index contributed by atoms with van der Waals surface area (Å²) in [6.45, 7) is 16.8. The molecule has 37 heteroatoms. The molecular formula is C76H90ClF3N26O7. The topological polar surface area (TPSA) is 358 Å². The molecule has 9 aromatic rings. The van der Waals surface area contributed by atoms with Crippen molar-refractivity contribution < 1.29 is 46.9 Å². The Kier molecular flexibility index (Phi) is 27.6. The number of aliphatic hydroxyl groups excluding tert-OH is 1. The lowest BCUT2D eigenvalue weighted by molar-refractivity contribution is 0.0949. The van der Waals surface area contributed by atoms with Gasteiger partial charge in [0.05, 0.1) is 106 Å². The second-order valence-corrected chi connectivity index (χ2v) is 27.4. The van der Waals surface area contributed by atoms with E-state index < -0.39 is 35.2 Å². The lowest BCUT2D eigenvalue weighted by Crippen LogP contribution is -2.47. The fraction of sp³-hybridized carbons (Fsp3) is 0.368. The number of nitrogens with zero attached hydrogens (tertiary/aromatic N) is 16. The Morgan fingerprint density at radius 1 is 0.425 bits per heavy atom. The van der Waals surface area contributed by atoms with Crippen molar-refractivity contribution in [2.24, 2.45) is 0 Å². The number of pyridine rings is 3. The number of benzene rings is 3. The van der Waals surface area contributed by atoms with Gasteiger partial charge in [0.15, 0.2) is 34.9 Å². The van der Waals surface area contributed by atoms with Crippen LogP contribution in [0.3, 0.4) is 0 Å². The van der Waals surface area contributed by atoms with Crippen molar-refractivity contribution in [2.75, 3.05) is 206 Å². The highest BCUT2D eigenvalue weighted by Gasteiger charge is 2.24. The minimum absolute atomic E-state index is 0.0691. The number of halogens is 4. The van der Waals surface area contributed by atoms with Crippen LogP contribution in [0.1, 0.15) is 69.1 Å². The minimum Gasteiger partial charge on any atom is -0.395 e. The molecule has 33 nitrogen and oxygen atoms in total. The molecular weight excluding hydrogens is 1480 g/mol. The van der Waals surface area contributed by atoms with Gasteiger partial charge in [-0.15, -0.1) is 0 Å². The summed E-state index contributed by atoms with van der Waals surface area (Å²) in [5.74, 6) is -2.34. The van der Waals surface area contributed by atoms with E-state index in [1.165, 1.54) is 32.1 Å². The number of hydrogen-bond donors (Lipinski definition) is 11. The molecule has 0 radical (unpaired) electrons. The van der Waals surface area contributed by atoms with Gasteiger partial charge in [0.2, 0.25) is 17.8 Å². The van der Waals surface area contributed by atoms with E-state index in [2.05, 4.69) is 162 Å². The van der Waals surface area contributed by atoms with E-state index in [0.717, 1.165) is 122 Å². The normalized spacial score (nSPS) is 15.9. The predicted octanol–water partition coefficient (Wildman–Crippen LogP) is 8.21. The lowest BCUT2D eigenvalue weighted by atomic mass is 10.1. The van der Waals surface area contributed by atoms with Gasteiger partial charge >= 0.3 is 0 Å². The number of morpholine rings is 3. The van der Waals surface area contributed by atoms with Crippen molar-refractivity contribution in [3.8, 4) is 0 Å². The van der Waals surface area contributed by atoms with Crippen molar-refractivity contribution >= 4 is 116 Å². The first-order valence-electron chi connectivity index (χ1n) is 37.5. The first kappa shape index (κ1) is 79.3. The number of rotatable bonds is 23. The number of carbonyl (C=O) groups is 3. The van der Waals surface area contributed by atoms with Crippen molar-refractivity contribution in [2.45, 2.75) is 39.0 Å². The van der Waals surface area contributed by atoms with Gasteiger partial charge in [-0.2, -0.15) is 15.0 Å². The summed E-state index contributed by atoms with van der Waals surface area (Å²) in [7, 11) is 0. The minimum atomic E-state index is -0.537. The number of β-amino-alcohol motifs (C(OH)–C–C–N with tert-alkyl or cyclic N) is 1. The molecule has 15 rings (SSSR count). The van der Waals surface area contributed by atoms with Gasteiger partial charge in [0.1, 0.15) is 17.1 Å². The van der Waals surface area contributed by atoms with Crippen LogP contribution in [0.25, 0.3) is 0 Å². The molecule has 6 aliphatic heterocycles. The summed E-state index contributed by atoms with van der Waals surface area (Å²) < 4.78 is 58.5. The number of piperazine rings is 1. The monoisotopic (exact) mass is 1570 g/mol. The van der Waals surface area contributed by atoms with Crippen LogP contribution in [0, 0.1) is 24.4 Å². The van der Waals surface area contributed by atoms with E-state index in [0.29, 0.717) is 96.2 Å². The number of ether oxygens (including phenoxy) is 3. The van der Waals surface area contributed by atoms with E-state index in [1.807, 2.05) is 24.3 Å². The standard InChI is InChI=1S/C27H34FN9O3.C25H28ClFN8O2.C24H28FN9O2/c1-19-14-21(16-22(15-19)36-6-4-35(5-7-36)8-11-38)31-20-2-3-24(29-17-20)26(39)33-34-27-30-18-23(28)25(32-27)37-9-12-40-13-10-37;26-17-12-19(14-20(13-17)34-6-2-1-3-7-34)30-18-4-5-22(28-15-18)24(36)32-33-25-29-16-21(27)23(31-25)35-8-10-37-11-9-35;25-20-16-27-24(30-22(20)33-11-13-36-14-12-33)32-31-23(35)21-8-5-18(15-26-21)29-17-3-6-19(7-4-17)34-10-2-1-9-28-34/h2-3,14-18,31,38H,4-13H2,1H3,(H,33,39)(H,30,32,34);4-5,12-16,30H,1-3,6-11H2,(H,32,36)(H,29,31,33);3-8,15-16,28-29H,1-2,9-14H2,(H,31,35)(H,27,30,32). The SMILES string of the molecule is Cc1cc(Nc2ccc(C(=O)NNc3ncc(F)c(N4CCOCC4)n3)nc2)cc(N2CCN(CCO)CC2)c1.O=C(NNc1ncc(F)c(N2CCOCC2)n1)c1ccc(Nc2cc(Cl)cc(N3CCCCC3)c2)cn1.O=C(NNc1ncc(F)c(N2CCOCC2)n1)c1ccc(Nc2ccc(N3CCCCN3)cc2)cn1. The third kappa shape index (κ3) is 22.5. The molecule has 0 atom stereocenters. The first-order valence-corrected chi connectivity index (χ1v) is 37.9. The number of carbonyl (C=O) groups excluding carboxylic acids is 3. The molecule has 6 aliphatic rings. The Morgan fingerprint density at radius 2 is 0.832 bits per heavy atom. The van der Waals surface area contributed by atoms with E-state index >= 15 is 0 Å². The molecule has 11 N–H and O–H groups in total. The summed E-state index contributed by atoms with van der Waals surface area (Å²) >= 11 is 6.37.